The molecule has 4 N–H and O–H groups in total. The van der Waals surface area contributed by atoms with Gasteiger partial charge in [-0.2, -0.15) is 0 Å². The lowest BCUT2D eigenvalue weighted by Gasteiger charge is -2.26. The number of imidazole rings is 2. The fourth-order valence-electron chi connectivity index (χ4n) is 6.82. The molecule has 0 bridgehead atoms. The highest BCUT2D eigenvalue weighted by Crippen LogP contribution is 2.34. The van der Waals surface area contributed by atoms with Crippen LogP contribution in [0, 0.1) is 10.1 Å². The Morgan fingerprint density at radius 2 is 1.20 bits per heavy atom. The minimum absolute atomic E-state index is 0.138. The maximum absolute atomic E-state index is 12.9. The third kappa shape index (κ3) is 7.47. The molecule has 0 aliphatic carbocycles. The minimum Gasteiger partial charge on any atom is -0.351 e. The number of carbonyl (C=O) groups is 2. The molecule has 7 rings (SSSR count). The normalized spacial score (nSPS) is 15.8. The molecule has 2 amide bonds. The fourth-order valence-corrected chi connectivity index (χ4v) is 6.82. The van der Waals surface area contributed by atoms with E-state index in [1.54, 1.807) is 48.5 Å². The molecule has 0 spiro atoms. The second kappa shape index (κ2) is 14.5. The van der Waals surface area contributed by atoms with Crippen molar-refractivity contribution in [3.8, 4) is 22.8 Å². The van der Waals surface area contributed by atoms with Crippen LogP contribution in [0.5, 0.6) is 0 Å². The summed E-state index contributed by atoms with van der Waals surface area (Å²) in [5.41, 5.74) is 4.24. The number of fused-ring (bicyclic) bond motifs is 2. The van der Waals surface area contributed by atoms with E-state index in [0.717, 1.165) is 39.3 Å². The van der Waals surface area contributed by atoms with E-state index in [-0.39, 0.29) is 17.5 Å². The maximum atomic E-state index is 12.9. The zero-order valence-electron chi connectivity index (χ0n) is 27.5. The first-order chi connectivity index (χ1) is 23.9. The summed E-state index contributed by atoms with van der Waals surface area (Å²) in [5, 5.41) is 18.3. The zero-order chi connectivity index (χ0) is 33.7. The molecule has 13 nitrogen and oxygen atoms in total. The van der Waals surface area contributed by atoms with Gasteiger partial charge in [-0.1, -0.05) is 18.9 Å². The molecular weight excluding hydrogens is 622 g/mol. The molecule has 2 saturated heterocycles. The van der Waals surface area contributed by atoms with Crippen molar-refractivity contribution in [1.82, 2.24) is 40.4 Å². The number of likely N-dealkylation sites (tertiary alicyclic amines) is 2. The monoisotopic (exact) mass is 663 g/mol. The largest absolute Gasteiger partial charge is 0.351 e. The third-order valence-electron chi connectivity index (χ3n) is 9.54. The van der Waals surface area contributed by atoms with Crippen LogP contribution in [0.15, 0.2) is 54.6 Å². The first kappa shape index (κ1) is 32.4. The number of piperidine rings is 2. The van der Waals surface area contributed by atoms with E-state index in [0.29, 0.717) is 69.1 Å². The highest BCUT2D eigenvalue weighted by Gasteiger charge is 2.22. The molecule has 0 unspecified atom stereocenters. The van der Waals surface area contributed by atoms with Crippen LogP contribution >= 0.6 is 0 Å². The molecule has 2 fully saturated rings. The molecule has 4 heterocycles. The average molecular weight is 664 g/mol. The molecule has 0 radical (unpaired) electrons. The Bertz CT molecular complexity index is 1990. The van der Waals surface area contributed by atoms with Gasteiger partial charge in [0.1, 0.15) is 11.6 Å². The quantitative estimate of drug-likeness (QED) is 0.112. The second-order valence-electron chi connectivity index (χ2n) is 12.9. The smallest absolute Gasteiger partial charge is 0.281 e. The lowest BCUT2D eigenvalue weighted by atomic mass is 10.1. The second-order valence-corrected chi connectivity index (χ2v) is 12.9. The molecule has 2 aromatic heterocycles. The molecule has 3 aromatic carbocycles. The van der Waals surface area contributed by atoms with E-state index in [9.17, 15) is 19.7 Å². The molecule has 0 atom stereocenters. The summed E-state index contributed by atoms with van der Waals surface area (Å²) in [6, 6.07) is 15.3. The number of nitro groups is 1. The van der Waals surface area contributed by atoms with Crippen LogP contribution in [0.1, 0.15) is 59.2 Å². The van der Waals surface area contributed by atoms with E-state index in [4.69, 9.17) is 0 Å². The number of aromatic nitrogens is 4. The average Bonchev–Trinajstić information content (AvgIpc) is 3.76. The van der Waals surface area contributed by atoms with Crippen molar-refractivity contribution in [3.63, 3.8) is 0 Å². The number of nitrogens with one attached hydrogen (secondary N) is 4. The van der Waals surface area contributed by atoms with Crippen molar-refractivity contribution in [2.45, 2.75) is 38.5 Å². The summed E-state index contributed by atoms with van der Waals surface area (Å²) in [7, 11) is 0. The predicted octanol–water partition coefficient (Wildman–Crippen LogP) is 5.11. The van der Waals surface area contributed by atoms with E-state index < -0.39 is 4.92 Å². The molecular formula is C36H41N9O4. The highest BCUT2D eigenvalue weighted by atomic mass is 16.6. The van der Waals surface area contributed by atoms with Gasteiger partial charge in [-0.15, -0.1) is 0 Å². The Hall–Kier alpha value is -5.14. The Morgan fingerprint density at radius 1 is 0.694 bits per heavy atom. The number of benzene rings is 3. The highest BCUT2D eigenvalue weighted by molar-refractivity contribution is 5.98. The Balaban J connectivity index is 1.05. The summed E-state index contributed by atoms with van der Waals surface area (Å²) < 4.78 is 0. The molecule has 2 aliphatic heterocycles. The Labute approximate surface area is 283 Å². The van der Waals surface area contributed by atoms with Crippen LogP contribution in [-0.2, 0) is 0 Å². The van der Waals surface area contributed by atoms with Gasteiger partial charge in [0.2, 0.25) is 0 Å². The number of hydrogen-bond acceptors (Lipinski definition) is 8. The van der Waals surface area contributed by atoms with Crippen molar-refractivity contribution >= 4 is 39.6 Å². The van der Waals surface area contributed by atoms with Gasteiger partial charge in [-0.3, -0.25) is 19.7 Å². The molecule has 2 aliphatic rings. The summed E-state index contributed by atoms with van der Waals surface area (Å²) in [6.45, 7) is 7.13. The lowest BCUT2D eigenvalue weighted by Crippen LogP contribution is -2.37. The standard InChI is InChI=1S/C36H41N9O4/c46-35(37-13-19-43-15-3-1-4-16-43)25-8-11-28-30(21-25)41-33(39-28)24-7-10-27(32(23-24)45(48)49)34-40-29-12-9-26(22-31(29)42-34)36(47)38-14-20-44-17-5-2-6-18-44/h7-12,21-23H,1-6,13-20H2,(H,37,46)(H,38,47)(H,39,41)(H,40,42). The minimum atomic E-state index is -0.442. The van der Waals surface area contributed by atoms with E-state index in [1.807, 2.05) is 0 Å². The van der Waals surface area contributed by atoms with Gasteiger partial charge in [-0.25, -0.2) is 9.97 Å². The Kier molecular flexibility index (Phi) is 9.62. The van der Waals surface area contributed by atoms with Gasteiger partial charge in [0, 0.05) is 48.9 Å². The van der Waals surface area contributed by atoms with Gasteiger partial charge < -0.3 is 30.4 Å². The van der Waals surface area contributed by atoms with Gasteiger partial charge >= 0.3 is 0 Å². The zero-order valence-corrected chi connectivity index (χ0v) is 27.5. The van der Waals surface area contributed by atoms with Crippen molar-refractivity contribution in [2.24, 2.45) is 0 Å². The van der Waals surface area contributed by atoms with Crippen molar-refractivity contribution in [2.75, 3.05) is 52.4 Å². The van der Waals surface area contributed by atoms with Crippen LogP contribution in [0.2, 0.25) is 0 Å². The summed E-state index contributed by atoms with van der Waals surface area (Å²) in [4.78, 5) is 57.9. The van der Waals surface area contributed by atoms with Crippen molar-refractivity contribution in [3.05, 3.63) is 75.8 Å². The number of nitrogens with zero attached hydrogens (tertiary/aromatic N) is 5. The summed E-state index contributed by atoms with van der Waals surface area (Å²) in [6.07, 6.45) is 7.37. The van der Waals surface area contributed by atoms with Crippen LogP contribution in [0.25, 0.3) is 44.8 Å². The maximum Gasteiger partial charge on any atom is 0.281 e. The van der Waals surface area contributed by atoms with Crippen molar-refractivity contribution in [1.29, 1.82) is 0 Å². The van der Waals surface area contributed by atoms with E-state index in [1.165, 1.54) is 44.6 Å². The van der Waals surface area contributed by atoms with Gasteiger partial charge in [0.15, 0.2) is 0 Å². The van der Waals surface area contributed by atoms with Gasteiger partial charge in [0.25, 0.3) is 17.5 Å². The molecule has 0 saturated carbocycles. The first-order valence-corrected chi connectivity index (χ1v) is 17.2. The molecule has 5 aromatic rings. The number of rotatable bonds is 11. The molecule has 13 heteroatoms. The van der Waals surface area contributed by atoms with Crippen LogP contribution in [0.3, 0.4) is 0 Å². The summed E-state index contributed by atoms with van der Waals surface area (Å²) in [5.74, 6) is 0.461. The fraction of sp³-hybridized carbons (Fsp3) is 0.389. The molecule has 254 valence electrons. The molecule has 49 heavy (non-hydrogen) atoms. The van der Waals surface area contributed by atoms with Gasteiger partial charge in [0.05, 0.1) is 32.6 Å². The number of carbonyl (C=O) groups excluding carboxylic acids is 2. The van der Waals surface area contributed by atoms with Gasteiger partial charge in [-0.05, 0) is 94.3 Å². The number of hydrogen-bond donors (Lipinski definition) is 4. The van der Waals surface area contributed by atoms with E-state index >= 15 is 0 Å². The van der Waals surface area contributed by atoms with E-state index in [2.05, 4.69) is 40.4 Å². The number of amides is 2. The topological polar surface area (TPSA) is 165 Å². The van der Waals surface area contributed by atoms with Crippen LogP contribution in [0.4, 0.5) is 5.69 Å². The number of H-pyrrole nitrogens is 2. The predicted molar refractivity (Wildman–Crippen MR) is 189 cm³/mol. The van der Waals surface area contributed by atoms with Crippen molar-refractivity contribution < 1.29 is 14.5 Å². The van der Waals surface area contributed by atoms with Crippen LogP contribution < -0.4 is 10.6 Å². The Morgan fingerprint density at radius 3 is 1.73 bits per heavy atom. The third-order valence-corrected chi connectivity index (χ3v) is 9.54. The summed E-state index contributed by atoms with van der Waals surface area (Å²) >= 11 is 0. The lowest BCUT2D eigenvalue weighted by molar-refractivity contribution is -0.384. The number of nitro benzene ring substituents is 1. The number of aromatic amines is 2. The SMILES string of the molecule is O=C(NCCN1CCCCC1)c1ccc2nc(-c3ccc(-c4nc5ccc(C(=O)NCCN6CCCCC6)cc5[nH]4)c([N+](=O)[O-])c3)[nH]c2c1. The van der Waals surface area contributed by atoms with Crippen LogP contribution in [-0.4, -0.2) is 98.8 Å². The first-order valence-electron chi connectivity index (χ1n) is 17.2.